The monoisotopic (exact) mass is 336 g/mol. The van der Waals surface area contributed by atoms with Gasteiger partial charge in [0.2, 0.25) is 0 Å². The van der Waals surface area contributed by atoms with Crippen molar-refractivity contribution in [1.29, 1.82) is 0 Å². The van der Waals surface area contributed by atoms with Gasteiger partial charge in [0.1, 0.15) is 17.6 Å². The molecule has 2 aromatic rings. The number of rotatable bonds is 4. The van der Waals surface area contributed by atoms with Crippen LogP contribution in [0.25, 0.3) is 0 Å². The third-order valence-corrected chi connectivity index (χ3v) is 3.73. The smallest absolute Gasteiger partial charge is 0.125 e. The predicted octanol–water partition coefficient (Wildman–Crippen LogP) is 3.86. The molecule has 20 heavy (non-hydrogen) atoms. The summed E-state index contributed by atoms with van der Waals surface area (Å²) >= 11 is 3.41. The molecule has 0 aliphatic rings. The van der Waals surface area contributed by atoms with Crippen molar-refractivity contribution in [2.45, 2.75) is 13.0 Å². The molecule has 0 spiro atoms. The Morgan fingerprint density at radius 1 is 1.00 bits per heavy atom. The van der Waals surface area contributed by atoms with Gasteiger partial charge in [0.15, 0.2) is 0 Å². The van der Waals surface area contributed by atoms with Crippen LogP contribution in [-0.4, -0.2) is 19.3 Å². The SMILES string of the molecule is COc1cc(C(O)c2cc(Br)ccc2OC)ccc1C. The van der Waals surface area contributed by atoms with E-state index < -0.39 is 6.10 Å². The summed E-state index contributed by atoms with van der Waals surface area (Å²) in [7, 11) is 3.22. The summed E-state index contributed by atoms with van der Waals surface area (Å²) in [6.07, 6.45) is -0.767. The van der Waals surface area contributed by atoms with Gasteiger partial charge >= 0.3 is 0 Å². The average Bonchev–Trinajstić information content (AvgIpc) is 2.47. The zero-order chi connectivity index (χ0) is 14.7. The molecule has 3 nitrogen and oxygen atoms in total. The molecular weight excluding hydrogens is 320 g/mol. The molecule has 0 aromatic heterocycles. The summed E-state index contributed by atoms with van der Waals surface area (Å²) < 4.78 is 11.5. The largest absolute Gasteiger partial charge is 0.496 e. The number of aliphatic hydroxyl groups excluding tert-OH is 1. The van der Waals surface area contributed by atoms with Crippen molar-refractivity contribution in [3.8, 4) is 11.5 Å². The first-order valence-corrected chi connectivity index (χ1v) is 7.02. The van der Waals surface area contributed by atoms with Crippen molar-refractivity contribution >= 4 is 15.9 Å². The van der Waals surface area contributed by atoms with Gasteiger partial charge in [-0.3, -0.25) is 0 Å². The lowest BCUT2D eigenvalue weighted by Gasteiger charge is -2.17. The van der Waals surface area contributed by atoms with E-state index in [1.54, 1.807) is 14.2 Å². The molecule has 2 aromatic carbocycles. The normalized spacial score (nSPS) is 12.1. The van der Waals surface area contributed by atoms with Gasteiger partial charge in [-0.15, -0.1) is 0 Å². The minimum atomic E-state index is -0.767. The van der Waals surface area contributed by atoms with Crippen LogP contribution >= 0.6 is 15.9 Å². The molecular formula is C16H17BrO3. The van der Waals surface area contributed by atoms with Crippen molar-refractivity contribution in [3.63, 3.8) is 0 Å². The van der Waals surface area contributed by atoms with E-state index in [4.69, 9.17) is 9.47 Å². The fourth-order valence-corrected chi connectivity index (χ4v) is 2.48. The Morgan fingerprint density at radius 2 is 1.70 bits per heavy atom. The van der Waals surface area contributed by atoms with Gasteiger partial charge in [0.25, 0.3) is 0 Å². The summed E-state index contributed by atoms with van der Waals surface area (Å²) in [6.45, 7) is 1.97. The van der Waals surface area contributed by atoms with E-state index in [1.807, 2.05) is 43.3 Å². The zero-order valence-electron chi connectivity index (χ0n) is 11.7. The van der Waals surface area contributed by atoms with Crippen LogP contribution < -0.4 is 9.47 Å². The molecule has 0 aliphatic heterocycles. The lowest BCUT2D eigenvalue weighted by Crippen LogP contribution is -2.03. The fourth-order valence-electron chi connectivity index (χ4n) is 2.11. The van der Waals surface area contributed by atoms with Gasteiger partial charge in [-0.1, -0.05) is 28.1 Å². The van der Waals surface area contributed by atoms with Crippen LogP contribution in [0, 0.1) is 6.92 Å². The van der Waals surface area contributed by atoms with Crippen molar-refractivity contribution in [2.24, 2.45) is 0 Å². The number of hydrogen-bond donors (Lipinski definition) is 1. The summed E-state index contributed by atoms with van der Waals surface area (Å²) in [5.41, 5.74) is 2.52. The van der Waals surface area contributed by atoms with Gasteiger partial charge in [0.05, 0.1) is 14.2 Å². The number of methoxy groups -OCH3 is 2. The van der Waals surface area contributed by atoms with Crippen molar-refractivity contribution in [3.05, 3.63) is 57.6 Å². The van der Waals surface area contributed by atoms with Gasteiger partial charge in [-0.05, 0) is 42.3 Å². The maximum atomic E-state index is 10.6. The third-order valence-electron chi connectivity index (χ3n) is 3.23. The summed E-state index contributed by atoms with van der Waals surface area (Å²) in [5.74, 6) is 1.41. The molecule has 4 heteroatoms. The first-order chi connectivity index (χ1) is 9.56. The highest BCUT2D eigenvalue weighted by molar-refractivity contribution is 9.10. The quantitative estimate of drug-likeness (QED) is 0.921. The molecule has 1 atom stereocenters. The lowest BCUT2D eigenvalue weighted by molar-refractivity contribution is 0.214. The van der Waals surface area contributed by atoms with E-state index in [-0.39, 0.29) is 0 Å². The highest BCUT2D eigenvalue weighted by atomic mass is 79.9. The Hall–Kier alpha value is -1.52. The van der Waals surface area contributed by atoms with Crippen LogP contribution in [0.2, 0.25) is 0 Å². The molecule has 0 amide bonds. The summed E-state index contributed by atoms with van der Waals surface area (Å²) in [4.78, 5) is 0. The van der Waals surface area contributed by atoms with Crippen molar-refractivity contribution < 1.29 is 14.6 Å². The van der Waals surface area contributed by atoms with Crippen LogP contribution in [0.5, 0.6) is 11.5 Å². The molecule has 1 N–H and O–H groups in total. The Kier molecular flexibility index (Phi) is 4.68. The molecule has 0 radical (unpaired) electrons. The van der Waals surface area contributed by atoms with Gasteiger partial charge < -0.3 is 14.6 Å². The van der Waals surface area contributed by atoms with Gasteiger partial charge in [-0.2, -0.15) is 0 Å². The predicted molar refractivity (Wildman–Crippen MR) is 82.5 cm³/mol. The molecule has 1 unspecified atom stereocenters. The number of hydrogen-bond acceptors (Lipinski definition) is 3. The van der Waals surface area contributed by atoms with Crippen LogP contribution in [0.15, 0.2) is 40.9 Å². The summed E-state index contributed by atoms with van der Waals surface area (Å²) in [5, 5.41) is 10.6. The van der Waals surface area contributed by atoms with E-state index in [0.29, 0.717) is 11.3 Å². The maximum Gasteiger partial charge on any atom is 0.125 e. The first kappa shape index (κ1) is 14.9. The molecule has 0 bridgehead atoms. The van der Waals surface area contributed by atoms with Crippen molar-refractivity contribution in [2.75, 3.05) is 14.2 Å². The Bertz CT molecular complexity index is 611. The maximum absolute atomic E-state index is 10.6. The second-order valence-corrected chi connectivity index (χ2v) is 5.43. The Balaban J connectivity index is 2.45. The van der Waals surface area contributed by atoms with Crippen molar-refractivity contribution in [1.82, 2.24) is 0 Å². The van der Waals surface area contributed by atoms with E-state index in [9.17, 15) is 5.11 Å². The molecule has 0 fully saturated rings. The molecule has 0 aliphatic carbocycles. The van der Waals surface area contributed by atoms with E-state index >= 15 is 0 Å². The van der Waals surface area contributed by atoms with E-state index in [2.05, 4.69) is 15.9 Å². The number of aliphatic hydroxyl groups is 1. The topological polar surface area (TPSA) is 38.7 Å². The van der Waals surface area contributed by atoms with Gasteiger partial charge in [-0.25, -0.2) is 0 Å². The number of halogens is 1. The van der Waals surface area contributed by atoms with Gasteiger partial charge in [0, 0.05) is 10.0 Å². The number of benzene rings is 2. The van der Waals surface area contributed by atoms with Crippen LogP contribution in [0.3, 0.4) is 0 Å². The minimum Gasteiger partial charge on any atom is -0.496 e. The molecule has 0 saturated heterocycles. The van der Waals surface area contributed by atoms with E-state index in [1.165, 1.54) is 0 Å². The lowest BCUT2D eigenvalue weighted by atomic mass is 9.99. The Labute approximate surface area is 127 Å². The highest BCUT2D eigenvalue weighted by Gasteiger charge is 2.17. The average molecular weight is 337 g/mol. The first-order valence-electron chi connectivity index (χ1n) is 6.23. The third kappa shape index (κ3) is 2.97. The Morgan fingerprint density at radius 3 is 2.35 bits per heavy atom. The fraction of sp³-hybridized carbons (Fsp3) is 0.250. The van der Waals surface area contributed by atoms with Crippen LogP contribution in [-0.2, 0) is 0 Å². The molecule has 2 rings (SSSR count). The second-order valence-electron chi connectivity index (χ2n) is 4.52. The highest BCUT2D eigenvalue weighted by Crippen LogP contribution is 2.34. The molecule has 0 saturated carbocycles. The molecule has 0 heterocycles. The standard InChI is InChI=1S/C16H17BrO3/c1-10-4-5-11(8-15(10)20-3)16(18)13-9-12(17)6-7-14(13)19-2/h4-9,16,18H,1-3H3. The zero-order valence-corrected chi connectivity index (χ0v) is 13.3. The summed E-state index contributed by atoms with van der Waals surface area (Å²) in [6, 6.07) is 11.2. The minimum absolute atomic E-state index is 0.653. The number of ether oxygens (including phenoxy) is 2. The van der Waals surface area contributed by atoms with Crippen LogP contribution in [0.1, 0.15) is 22.8 Å². The number of aryl methyl sites for hydroxylation is 1. The van der Waals surface area contributed by atoms with Crippen LogP contribution in [0.4, 0.5) is 0 Å². The van der Waals surface area contributed by atoms with E-state index in [0.717, 1.165) is 21.3 Å². The molecule has 106 valence electrons. The second kappa shape index (κ2) is 6.29.